The van der Waals surface area contributed by atoms with Crippen molar-refractivity contribution in [1.82, 2.24) is 4.31 Å². The Labute approximate surface area is 150 Å². The van der Waals surface area contributed by atoms with E-state index < -0.39 is 10.0 Å². The third-order valence-electron chi connectivity index (χ3n) is 7.21. The third kappa shape index (κ3) is 2.58. The number of nitrogens with zero attached hydrogens (tertiary/aromatic N) is 1. The first kappa shape index (κ1) is 16.3. The standard InChI is InChI=1S/C20H27NO3S/c1-13-5-7-16(8-6-13)25(22,23)21-11-15-10-19-17-4-2-3-14(17)9-20(24-19)18(15)12-21/h5-8,14-15,17-20H,2-4,9-12H2,1H3. The maximum atomic E-state index is 13.1. The maximum Gasteiger partial charge on any atom is 0.243 e. The van der Waals surface area contributed by atoms with Crippen molar-refractivity contribution in [2.45, 2.75) is 56.1 Å². The molecule has 1 aliphatic carbocycles. The van der Waals surface area contributed by atoms with Gasteiger partial charge in [0.25, 0.3) is 0 Å². The number of fused-ring (bicyclic) bond motifs is 6. The molecule has 3 saturated heterocycles. The Hall–Kier alpha value is -0.910. The van der Waals surface area contributed by atoms with Gasteiger partial charge in [-0.2, -0.15) is 4.31 Å². The maximum absolute atomic E-state index is 13.1. The van der Waals surface area contributed by atoms with Gasteiger partial charge < -0.3 is 4.74 Å². The van der Waals surface area contributed by atoms with Gasteiger partial charge >= 0.3 is 0 Å². The van der Waals surface area contributed by atoms with Gasteiger partial charge in [0.15, 0.2) is 0 Å². The minimum atomic E-state index is -3.38. The van der Waals surface area contributed by atoms with Crippen molar-refractivity contribution in [1.29, 1.82) is 0 Å². The molecular weight excluding hydrogens is 334 g/mol. The van der Waals surface area contributed by atoms with Crippen molar-refractivity contribution in [3.63, 3.8) is 0 Å². The normalized spacial score (nSPS) is 40.7. The van der Waals surface area contributed by atoms with Gasteiger partial charge in [0.1, 0.15) is 0 Å². The Kier molecular flexibility index (Phi) is 3.77. The first-order valence-corrected chi connectivity index (χ1v) is 11.2. The minimum Gasteiger partial charge on any atom is -0.374 e. The first-order valence-electron chi connectivity index (χ1n) is 9.74. The van der Waals surface area contributed by atoms with E-state index in [9.17, 15) is 8.42 Å². The minimum absolute atomic E-state index is 0.279. The zero-order valence-electron chi connectivity index (χ0n) is 14.8. The Morgan fingerprint density at radius 2 is 1.68 bits per heavy atom. The molecule has 0 N–H and O–H groups in total. The lowest BCUT2D eigenvalue weighted by molar-refractivity contribution is -0.164. The summed E-state index contributed by atoms with van der Waals surface area (Å²) in [7, 11) is -3.38. The quantitative estimate of drug-likeness (QED) is 0.813. The van der Waals surface area contributed by atoms with E-state index in [1.165, 1.54) is 19.3 Å². The molecule has 0 amide bonds. The van der Waals surface area contributed by atoms with Gasteiger partial charge in [-0.1, -0.05) is 24.1 Å². The summed E-state index contributed by atoms with van der Waals surface area (Å²) < 4.78 is 34.3. The molecule has 4 fully saturated rings. The van der Waals surface area contributed by atoms with Crippen molar-refractivity contribution < 1.29 is 13.2 Å². The van der Waals surface area contributed by atoms with E-state index in [-0.39, 0.29) is 6.10 Å². The molecule has 6 atom stereocenters. The number of ether oxygens (including phenoxy) is 1. The highest BCUT2D eigenvalue weighted by Gasteiger charge is 2.53. The number of aryl methyl sites for hydroxylation is 1. The van der Waals surface area contributed by atoms with E-state index >= 15 is 0 Å². The molecule has 25 heavy (non-hydrogen) atoms. The summed E-state index contributed by atoms with van der Waals surface area (Å²) >= 11 is 0. The second kappa shape index (κ2) is 5.80. The molecule has 0 aromatic heterocycles. The lowest BCUT2D eigenvalue weighted by Crippen LogP contribution is -2.49. The van der Waals surface area contributed by atoms with Gasteiger partial charge in [0, 0.05) is 19.0 Å². The fourth-order valence-electron chi connectivity index (χ4n) is 5.91. The van der Waals surface area contributed by atoms with E-state index in [0.29, 0.717) is 35.9 Å². The van der Waals surface area contributed by atoms with Crippen molar-refractivity contribution in [3.05, 3.63) is 29.8 Å². The summed E-state index contributed by atoms with van der Waals surface area (Å²) in [6.45, 7) is 3.29. The zero-order chi connectivity index (χ0) is 17.2. The van der Waals surface area contributed by atoms with Gasteiger partial charge in [-0.05, 0) is 62.5 Å². The van der Waals surface area contributed by atoms with Crippen LogP contribution in [0, 0.1) is 30.6 Å². The molecular formula is C20H27NO3S. The lowest BCUT2D eigenvalue weighted by atomic mass is 9.70. The first-order chi connectivity index (χ1) is 12.0. The SMILES string of the molecule is Cc1ccc(S(=O)(=O)N2CC3CC4OC(CC5CCCC54)C3C2)cc1. The summed E-state index contributed by atoms with van der Waals surface area (Å²) in [4.78, 5) is 0.428. The van der Waals surface area contributed by atoms with Gasteiger partial charge in [0.05, 0.1) is 17.1 Å². The molecule has 5 rings (SSSR count). The summed E-state index contributed by atoms with van der Waals surface area (Å²) in [6, 6.07) is 7.25. The van der Waals surface area contributed by atoms with Crippen molar-refractivity contribution in [3.8, 4) is 0 Å². The van der Waals surface area contributed by atoms with Gasteiger partial charge in [0.2, 0.25) is 10.0 Å². The number of rotatable bonds is 2. The van der Waals surface area contributed by atoms with Crippen LogP contribution in [0.5, 0.6) is 0 Å². The highest BCUT2D eigenvalue weighted by atomic mass is 32.2. The third-order valence-corrected chi connectivity index (χ3v) is 9.06. The number of hydrogen-bond donors (Lipinski definition) is 0. The average molecular weight is 362 g/mol. The zero-order valence-corrected chi connectivity index (χ0v) is 15.6. The highest BCUT2D eigenvalue weighted by Crippen LogP contribution is 2.52. The van der Waals surface area contributed by atoms with Crippen LogP contribution in [0.4, 0.5) is 0 Å². The van der Waals surface area contributed by atoms with Crippen LogP contribution in [0.1, 0.15) is 37.7 Å². The summed E-state index contributed by atoms with van der Waals surface area (Å²) in [6.07, 6.45) is 6.89. The molecule has 5 heteroatoms. The van der Waals surface area contributed by atoms with Crippen LogP contribution in [0.3, 0.4) is 0 Å². The van der Waals surface area contributed by atoms with Gasteiger partial charge in [-0.3, -0.25) is 0 Å². The molecule has 136 valence electrons. The van der Waals surface area contributed by atoms with Crippen LogP contribution >= 0.6 is 0 Å². The van der Waals surface area contributed by atoms with Crippen LogP contribution in [-0.2, 0) is 14.8 Å². The molecule has 3 aliphatic heterocycles. The van der Waals surface area contributed by atoms with E-state index in [0.717, 1.165) is 30.2 Å². The van der Waals surface area contributed by atoms with Crippen LogP contribution in [0.2, 0.25) is 0 Å². The molecule has 4 nitrogen and oxygen atoms in total. The molecule has 2 bridgehead atoms. The number of benzene rings is 1. The van der Waals surface area contributed by atoms with Crippen LogP contribution in [0.15, 0.2) is 29.2 Å². The Morgan fingerprint density at radius 1 is 0.960 bits per heavy atom. The molecule has 0 spiro atoms. The fourth-order valence-corrected chi connectivity index (χ4v) is 7.45. The summed E-state index contributed by atoms with van der Waals surface area (Å²) in [5, 5.41) is 0. The van der Waals surface area contributed by atoms with Crippen LogP contribution in [0.25, 0.3) is 0 Å². The smallest absolute Gasteiger partial charge is 0.243 e. The summed E-state index contributed by atoms with van der Waals surface area (Å²) in [5.74, 6) is 2.43. The lowest BCUT2D eigenvalue weighted by Gasteiger charge is -2.47. The van der Waals surface area contributed by atoms with E-state index in [1.54, 1.807) is 16.4 Å². The van der Waals surface area contributed by atoms with Crippen LogP contribution in [-0.4, -0.2) is 38.0 Å². The number of hydrogen-bond acceptors (Lipinski definition) is 3. The van der Waals surface area contributed by atoms with Crippen molar-refractivity contribution in [2.75, 3.05) is 13.1 Å². The van der Waals surface area contributed by atoms with Crippen molar-refractivity contribution in [2.24, 2.45) is 23.7 Å². The predicted octanol–water partition coefficient (Wildman–Crippen LogP) is 3.21. The molecule has 1 saturated carbocycles. The largest absolute Gasteiger partial charge is 0.374 e. The fraction of sp³-hybridized carbons (Fsp3) is 0.700. The topological polar surface area (TPSA) is 46.6 Å². The molecule has 4 aliphatic rings. The Bertz CT molecular complexity index is 760. The van der Waals surface area contributed by atoms with E-state index in [1.807, 2.05) is 19.1 Å². The van der Waals surface area contributed by atoms with Crippen LogP contribution < -0.4 is 0 Å². The van der Waals surface area contributed by atoms with Gasteiger partial charge in [-0.25, -0.2) is 8.42 Å². The molecule has 0 radical (unpaired) electrons. The Morgan fingerprint density at radius 3 is 2.48 bits per heavy atom. The molecule has 1 aromatic carbocycles. The summed E-state index contributed by atoms with van der Waals surface area (Å²) in [5.41, 5.74) is 1.09. The van der Waals surface area contributed by atoms with Crippen molar-refractivity contribution >= 4 is 10.0 Å². The van der Waals surface area contributed by atoms with E-state index in [2.05, 4.69) is 0 Å². The number of sulfonamides is 1. The van der Waals surface area contributed by atoms with Gasteiger partial charge in [-0.15, -0.1) is 0 Å². The molecule has 1 aromatic rings. The Balaban J connectivity index is 1.38. The molecule has 3 heterocycles. The average Bonchev–Trinajstić information content (AvgIpc) is 3.22. The highest BCUT2D eigenvalue weighted by molar-refractivity contribution is 7.89. The monoisotopic (exact) mass is 361 g/mol. The predicted molar refractivity (Wildman–Crippen MR) is 95.6 cm³/mol. The van der Waals surface area contributed by atoms with E-state index in [4.69, 9.17) is 4.74 Å². The second-order valence-corrected chi connectivity index (χ2v) is 10.5. The second-order valence-electron chi connectivity index (χ2n) is 8.60. The molecule has 6 unspecified atom stereocenters.